The molecule has 1 atom stereocenters. The van der Waals surface area contributed by atoms with Crippen LogP contribution in [-0.2, 0) is 0 Å². The molecule has 1 nitrogen and oxygen atoms in total. The van der Waals surface area contributed by atoms with Crippen LogP contribution in [0, 0.1) is 0 Å². The first kappa shape index (κ1) is 14.5. The smallest absolute Gasteiger partial charge is 0.105 e. The van der Waals surface area contributed by atoms with Gasteiger partial charge in [0.1, 0.15) is 6.10 Å². The first-order valence-corrected chi connectivity index (χ1v) is 7.82. The van der Waals surface area contributed by atoms with E-state index in [1.807, 2.05) is 30.3 Å². The van der Waals surface area contributed by atoms with Crippen molar-refractivity contribution in [3.63, 3.8) is 0 Å². The third-order valence-electron chi connectivity index (χ3n) is 2.51. The highest BCUT2D eigenvalue weighted by molar-refractivity contribution is 9.11. The SMILES string of the molecule is OC(c1ccc(Cl)c(Br)c1)c1cc(Br)ccc1Br. The molecular weight excluding hydrogens is 447 g/mol. The Hall–Kier alpha value is 0.130. The van der Waals surface area contributed by atoms with Gasteiger partial charge in [0.05, 0.1) is 5.02 Å². The molecule has 0 aliphatic rings. The minimum Gasteiger partial charge on any atom is -0.384 e. The zero-order valence-electron chi connectivity index (χ0n) is 9.00. The van der Waals surface area contributed by atoms with Crippen LogP contribution in [0.5, 0.6) is 0 Å². The third kappa shape index (κ3) is 3.17. The molecule has 2 aromatic rings. The Morgan fingerprint density at radius 3 is 2.33 bits per heavy atom. The quantitative estimate of drug-likeness (QED) is 0.615. The van der Waals surface area contributed by atoms with Gasteiger partial charge in [-0.25, -0.2) is 0 Å². The number of hydrogen-bond acceptors (Lipinski definition) is 1. The van der Waals surface area contributed by atoms with Crippen molar-refractivity contribution in [3.8, 4) is 0 Å². The third-order valence-corrected chi connectivity index (χ3v) is 4.94. The molecule has 0 fully saturated rings. The molecule has 0 amide bonds. The van der Waals surface area contributed by atoms with Crippen molar-refractivity contribution in [2.45, 2.75) is 6.10 Å². The fraction of sp³-hybridized carbons (Fsp3) is 0.0769. The van der Waals surface area contributed by atoms with Crippen LogP contribution in [0.15, 0.2) is 49.8 Å². The lowest BCUT2D eigenvalue weighted by Gasteiger charge is -2.14. The molecule has 94 valence electrons. The highest BCUT2D eigenvalue weighted by atomic mass is 79.9. The van der Waals surface area contributed by atoms with E-state index in [1.54, 1.807) is 6.07 Å². The Labute approximate surface area is 136 Å². The first-order chi connectivity index (χ1) is 8.49. The molecule has 5 heteroatoms. The molecule has 0 spiro atoms. The predicted molar refractivity (Wildman–Crippen MR) is 85.1 cm³/mol. The highest BCUT2D eigenvalue weighted by Gasteiger charge is 2.15. The zero-order valence-corrected chi connectivity index (χ0v) is 14.5. The number of hydrogen-bond donors (Lipinski definition) is 1. The normalized spacial score (nSPS) is 12.5. The van der Waals surface area contributed by atoms with E-state index in [0.717, 1.165) is 24.5 Å². The molecule has 0 heterocycles. The van der Waals surface area contributed by atoms with Gasteiger partial charge in [0.2, 0.25) is 0 Å². The Morgan fingerprint density at radius 1 is 0.944 bits per heavy atom. The van der Waals surface area contributed by atoms with Gasteiger partial charge in [-0.15, -0.1) is 0 Å². The lowest BCUT2D eigenvalue weighted by molar-refractivity contribution is 0.219. The van der Waals surface area contributed by atoms with Crippen LogP contribution >= 0.6 is 59.4 Å². The van der Waals surface area contributed by atoms with E-state index in [9.17, 15) is 5.11 Å². The van der Waals surface area contributed by atoms with Gasteiger partial charge in [-0.3, -0.25) is 0 Å². The molecule has 2 rings (SSSR count). The van der Waals surface area contributed by atoms with Crippen LogP contribution in [0.3, 0.4) is 0 Å². The van der Waals surface area contributed by atoms with Gasteiger partial charge in [-0.2, -0.15) is 0 Å². The molecule has 1 N–H and O–H groups in total. The van der Waals surface area contributed by atoms with E-state index < -0.39 is 6.10 Å². The summed E-state index contributed by atoms with van der Waals surface area (Å²) in [4.78, 5) is 0. The van der Waals surface area contributed by atoms with Crippen molar-refractivity contribution in [3.05, 3.63) is 66.0 Å². The summed E-state index contributed by atoms with van der Waals surface area (Å²) in [6.45, 7) is 0. The topological polar surface area (TPSA) is 20.2 Å². The summed E-state index contributed by atoms with van der Waals surface area (Å²) in [5.74, 6) is 0. The molecule has 0 saturated heterocycles. The summed E-state index contributed by atoms with van der Waals surface area (Å²) in [5.41, 5.74) is 1.59. The second-order valence-electron chi connectivity index (χ2n) is 3.74. The van der Waals surface area contributed by atoms with Crippen LogP contribution in [0.25, 0.3) is 0 Å². The molecule has 0 radical (unpaired) electrons. The second-order valence-corrected chi connectivity index (χ2v) is 6.77. The van der Waals surface area contributed by atoms with Crippen molar-refractivity contribution in [1.29, 1.82) is 0 Å². The van der Waals surface area contributed by atoms with Gasteiger partial charge in [-0.05, 0) is 51.8 Å². The Bertz CT molecular complexity index is 586. The molecule has 2 aromatic carbocycles. The number of rotatable bonds is 2. The Morgan fingerprint density at radius 2 is 1.67 bits per heavy atom. The molecular formula is C13H8Br3ClO. The minimum atomic E-state index is -0.703. The lowest BCUT2D eigenvalue weighted by atomic mass is 10.0. The van der Waals surface area contributed by atoms with Crippen LogP contribution in [0.4, 0.5) is 0 Å². The van der Waals surface area contributed by atoms with Crippen molar-refractivity contribution in [2.75, 3.05) is 0 Å². The van der Waals surface area contributed by atoms with Crippen molar-refractivity contribution in [1.82, 2.24) is 0 Å². The largest absolute Gasteiger partial charge is 0.384 e. The van der Waals surface area contributed by atoms with Gasteiger partial charge >= 0.3 is 0 Å². The van der Waals surface area contributed by atoms with Crippen LogP contribution in [0.1, 0.15) is 17.2 Å². The maximum absolute atomic E-state index is 10.4. The molecule has 0 aliphatic heterocycles. The average Bonchev–Trinajstić information content (AvgIpc) is 2.35. The van der Waals surface area contributed by atoms with Crippen LogP contribution in [-0.4, -0.2) is 5.11 Å². The fourth-order valence-electron chi connectivity index (χ4n) is 1.59. The van der Waals surface area contributed by atoms with E-state index in [0.29, 0.717) is 5.02 Å². The molecule has 0 saturated carbocycles. The highest BCUT2D eigenvalue weighted by Crippen LogP contribution is 2.33. The van der Waals surface area contributed by atoms with Gasteiger partial charge < -0.3 is 5.11 Å². The van der Waals surface area contributed by atoms with Crippen LogP contribution in [0.2, 0.25) is 5.02 Å². The zero-order chi connectivity index (χ0) is 13.3. The van der Waals surface area contributed by atoms with E-state index >= 15 is 0 Å². The van der Waals surface area contributed by atoms with Gasteiger partial charge in [-0.1, -0.05) is 49.5 Å². The monoisotopic (exact) mass is 452 g/mol. The molecule has 18 heavy (non-hydrogen) atoms. The summed E-state index contributed by atoms with van der Waals surface area (Å²) in [6.07, 6.45) is -0.703. The molecule has 0 aromatic heterocycles. The van der Waals surface area contributed by atoms with Crippen molar-refractivity contribution in [2.24, 2.45) is 0 Å². The van der Waals surface area contributed by atoms with E-state index in [2.05, 4.69) is 47.8 Å². The van der Waals surface area contributed by atoms with E-state index in [-0.39, 0.29) is 0 Å². The minimum absolute atomic E-state index is 0.624. The van der Waals surface area contributed by atoms with E-state index in [4.69, 9.17) is 11.6 Å². The van der Waals surface area contributed by atoms with Crippen LogP contribution < -0.4 is 0 Å². The summed E-state index contributed by atoms with van der Waals surface area (Å²) >= 11 is 16.1. The number of aliphatic hydroxyl groups is 1. The van der Waals surface area contributed by atoms with E-state index in [1.165, 1.54) is 0 Å². The summed E-state index contributed by atoms with van der Waals surface area (Å²) in [5, 5.41) is 11.0. The predicted octanol–water partition coefficient (Wildman–Crippen LogP) is 5.71. The maximum Gasteiger partial charge on any atom is 0.105 e. The second kappa shape index (κ2) is 6.06. The maximum atomic E-state index is 10.4. The van der Waals surface area contributed by atoms with Gasteiger partial charge in [0.25, 0.3) is 0 Å². The number of benzene rings is 2. The Kier molecular flexibility index (Phi) is 4.89. The lowest BCUT2D eigenvalue weighted by Crippen LogP contribution is -2.00. The summed E-state index contributed by atoms with van der Waals surface area (Å²) < 4.78 is 2.56. The summed E-state index contributed by atoms with van der Waals surface area (Å²) in [7, 11) is 0. The fourth-order valence-corrected chi connectivity index (χ4v) is 2.94. The molecule has 0 aliphatic carbocycles. The molecule has 0 bridgehead atoms. The molecule has 1 unspecified atom stereocenters. The average molecular weight is 455 g/mol. The first-order valence-electron chi connectivity index (χ1n) is 5.07. The van der Waals surface area contributed by atoms with Gasteiger partial charge in [0.15, 0.2) is 0 Å². The Balaban J connectivity index is 2.44. The van der Waals surface area contributed by atoms with Gasteiger partial charge in [0, 0.05) is 19.0 Å². The van der Waals surface area contributed by atoms with Crippen molar-refractivity contribution < 1.29 is 5.11 Å². The summed E-state index contributed by atoms with van der Waals surface area (Å²) in [6, 6.07) is 11.1. The van der Waals surface area contributed by atoms with Crippen molar-refractivity contribution >= 4 is 59.4 Å². The number of aliphatic hydroxyl groups excluding tert-OH is 1. The standard InChI is InChI=1S/C13H8Br3ClO/c14-8-2-3-10(15)9(6-8)13(18)7-1-4-12(17)11(16)5-7/h1-6,13,18H. The number of halogens is 4.